The Hall–Kier alpha value is -3.19. The summed E-state index contributed by atoms with van der Waals surface area (Å²) < 4.78 is 29.9. The molecule has 1 aromatic heterocycles. The van der Waals surface area contributed by atoms with Crippen molar-refractivity contribution in [1.82, 2.24) is 0 Å². The minimum absolute atomic E-state index is 0.136. The standard InChI is InChI=1S/C23H24N2O4S.2C2H6/c1-15-6-10-20(11-7-15)30(27,28)24-22-13-17(3)16(2)12-21(22)23(26)19-9-8-18(4)25(14-19)29-5;2*1-2/h6-14H,1-5H3;2*1-2H3/p+1. The first-order valence-electron chi connectivity index (χ1n) is 11.4. The smallest absolute Gasteiger partial charge is 0.261 e. The Morgan fingerprint density at radius 2 is 1.41 bits per heavy atom. The van der Waals surface area contributed by atoms with Crippen molar-refractivity contribution >= 4 is 21.5 Å². The fourth-order valence-corrected chi connectivity index (χ4v) is 4.12. The van der Waals surface area contributed by atoms with Crippen LogP contribution in [0, 0.1) is 27.7 Å². The van der Waals surface area contributed by atoms with Gasteiger partial charge in [0, 0.05) is 23.3 Å². The Kier molecular flexibility index (Phi) is 10.9. The van der Waals surface area contributed by atoms with Crippen LogP contribution >= 0.6 is 0 Å². The van der Waals surface area contributed by atoms with Crippen LogP contribution in [0.3, 0.4) is 0 Å². The first-order chi connectivity index (χ1) is 16.1. The van der Waals surface area contributed by atoms with E-state index in [4.69, 9.17) is 4.84 Å². The zero-order chi connectivity index (χ0) is 26.1. The number of benzene rings is 2. The summed E-state index contributed by atoms with van der Waals surface area (Å²) in [6, 6.07) is 13.4. The maximum atomic E-state index is 13.3. The third kappa shape index (κ3) is 6.90. The predicted octanol–water partition coefficient (Wildman–Crippen LogP) is 5.35. The van der Waals surface area contributed by atoms with Crippen molar-refractivity contribution in [2.45, 2.75) is 60.3 Å². The molecule has 0 radical (unpaired) electrons. The van der Waals surface area contributed by atoms with Crippen molar-refractivity contribution in [2.24, 2.45) is 0 Å². The summed E-state index contributed by atoms with van der Waals surface area (Å²) in [6.45, 7) is 15.5. The highest BCUT2D eigenvalue weighted by Gasteiger charge is 2.23. The maximum Gasteiger partial charge on any atom is 0.261 e. The molecule has 0 saturated heterocycles. The number of carbonyl (C=O) groups excluding carboxylic acids is 1. The quantitative estimate of drug-likeness (QED) is 0.377. The fraction of sp³-hybridized carbons (Fsp3) is 0.333. The maximum absolute atomic E-state index is 13.3. The number of anilines is 1. The Labute approximate surface area is 204 Å². The van der Waals surface area contributed by atoms with Crippen molar-refractivity contribution in [3.63, 3.8) is 0 Å². The Balaban J connectivity index is 0.00000137. The van der Waals surface area contributed by atoms with Crippen LogP contribution in [0.5, 0.6) is 0 Å². The first-order valence-corrected chi connectivity index (χ1v) is 12.9. The number of nitrogens with one attached hydrogen (secondary N) is 1. The lowest BCUT2D eigenvalue weighted by Crippen LogP contribution is -2.43. The van der Waals surface area contributed by atoms with Gasteiger partial charge in [-0.3, -0.25) is 14.4 Å². The molecule has 0 saturated carbocycles. The van der Waals surface area contributed by atoms with E-state index >= 15 is 0 Å². The molecule has 0 aliphatic rings. The van der Waals surface area contributed by atoms with Gasteiger partial charge in [0.15, 0.2) is 0 Å². The number of sulfonamides is 1. The third-order valence-corrected chi connectivity index (χ3v) is 6.40. The van der Waals surface area contributed by atoms with Gasteiger partial charge in [-0.1, -0.05) is 45.4 Å². The number of nitrogens with zero attached hydrogens (tertiary/aromatic N) is 1. The number of ketones is 1. The van der Waals surface area contributed by atoms with E-state index in [2.05, 4.69) is 4.72 Å². The molecule has 3 aromatic rings. The first kappa shape index (κ1) is 28.8. The highest BCUT2D eigenvalue weighted by molar-refractivity contribution is 7.92. The molecule has 0 fully saturated rings. The van der Waals surface area contributed by atoms with Crippen LogP contribution in [0.1, 0.15) is 66.0 Å². The molecule has 7 heteroatoms. The molecule has 0 bridgehead atoms. The van der Waals surface area contributed by atoms with Crippen LogP contribution < -0.4 is 14.3 Å². The second-order valence-electron chi connectivity index (χ2n) is 7.30. The predicted molar refractivity (Wildman–Crippen MR) is 138 cm³/mol. The summed E-state index contributed by atoms with van der Waals surface area (Å²) in [6.07, 6.45) is 1.59. The second-order valence-corrected chi connectivity index (χ2v) is 8.98. The van der Waals surface area contributed by atoms with Crippen LogP contribution in [0.2, 0.25) is 0 Å². The van der Waals surface area contributed by atoms with Crippen LogP contribution in [0.25, 0.3) is 0 Å². The highest BCUT2D eigenvalue weighted by Crippen LogP contribution is 2.26. The van der Waals surface area contributed by atoms with E-state index in [1.807, 2.05) is 55.4 Å². The summed E-state index contributed by atoms with van der Waals surface area (Å²) >= 11 is 0. The van der Waals surface area contributed by atoms with E-state index in [1.54, 1.807) is 54.7 Å². The molecule has 2 aromatic carbocycles. The van der Waals surface area contributed by atoms with Gasteiger partial charge in [-0.15, -0.1) is 0 Å². The average molecular weight is 486 g/mol. The van der Waals surface area contributed by atoms with Gasteiger partial charge in [0.1, 0.15) is 7.11 Å². The van der Waals surface area contributed by atoms with Gasteiger partial charge < -0.3 is 0 Å². The van der Waals surface area contributed by atoms with E-state index in [0.29, 0.717) is 5.56 Å². The summed E-state index contributed by atoms with van der Waals surface area (Å²) in [5.74, 6) is -0.300. The Bertz CT molecular complexity index is 1220. The van der Waals surface area contributed by atoms with E-state index in [1.165, 1.54) is 11.8 Å². The molecule has 0 spiro atoms. The Morgan fingerprint density at radius 3 is 1.97 bits per heavy atom. The molecule has 1 heterocycles. The van der Waals surface area contributed by atoms with Gasteiger partial charge in [-0.2, -0.15) is 0 Å². The number of hydrogen-bond acceptors (Lipinski definition) is 4. The topological polar surface area (TPSA) is 76.3 Å². The van der Waals surface area contributed by atoms with Crippen LogP contribution in [0.4, 0.5) is 5.69 Å². The van der Waals surface area contributed by atoms with Crippen molar-refractivity contribution in [2.75, 3.05) is 11.8 Å². The van der Waals surface area contributed by atoms with Gasteiger partial charge in [0.05, 0.1) is 16.1 Å². The Morgan fingerprint density at radius 1 is 0.853 bits per heavy atom. The van der Waals surface area contributed by atoms with Gasteiger partial charge >= 0.3 is 0 Å². The van der Waals surface area contributed by atoms with Crippen molar-refractivity contribution in [3.8, 4) is 0 Å². The van der Waals surface area contributed by atoms with Crippen LogP contribution in [0.15, 0.2) is 59.6 Å². The fourth-order valence-electron chi connectivity index (χ4n) is 3.05. The molecular weight excluding hydrogens is 448 g/mol. The van der Waals surface area contributed by atoms with Gasteiger partial charge in [-0.25, -0.2) is 8.42 Å². The number of hydrogen-bond donors (Lipinski definition) is 1. The monoisotopic (exact) mass is 485 g/mol. The lowest BCUT2D eigenvalue weighted by atomic mass is 9.98. The zero-order valence-electron chi connectivity index (χ0n) is 21.7. The van der Waals surface area contributed by atoms with Crippen molar-refractivity contribution in [3.05, 3.63) is 88.2 Å². The third-order valence-electron chi connectivity index (χ3n) is 5.02. The normalized spacial score (nSPS) is 10.3. The molecule has 184 valence electrons. The van der Waals surface area contributed by atoms with E-state index in [-0.39, 0.29) is 21.9 Å². The number of carbonyl (C=O) groups is 1. The number of aryl methyl sites for hydroxylation is 4. The number of rotatable bonds is 6. The molecule has 0 atom stereocenters. The summed E-state index contributed by atoms with van der Waals surface area (Å²) in [7, 11) is -2.34. The van der Waals surface area contributed by atoms with Gasteiger partial charge in [0.25, 0.3) is 10.0 Å². The minimum atomic E-state index is -3.85. The molecule has 3 rings (SSSR count). The van der Waals surface area contributed by atoms with Gasteiger partial charge in [-0.05, 0) is 62.2 Å². The van der Waals surface area contributed by atoms with Crippen LogP contribution in [-0.2, 0) is 10.0 Å². The molecule has 1 N–H and O–H groups in total. The number of aromatic nitrogens is 1. The van der Waals surface area contributed by atoms with Gasteiger partial charge in [0.2, 0.25) is 17.7 Å². The minimum Gasteiger partial charge on any atom is -0.288 e. The SMILES string of the molecule is CC.CC.CO[n+]1cc(C(=O)c2cc(C)c(C)cc2NS(=O)(=O)c2ccc(C)cc2)ccc1C. The van der Waals surface area contributed by atoms with E-state index in [0.717, 1.165) is 22.4 Å². The summed E-state index contributed by atoms with van der Waals surface area (Å²) in [5.41, 5.74) is 4.47. The molecular formula is C27H37N2O4S+. The zero-order valence-corrected chi connectivity index (χ0v) is 22.5. The van der Waals surface area contributed by atoms with Crippen LogP contribution in [-0.4, -0.2) is 21.3 Å². The molecule has 0 amide bonds. The van der Waals surface area contributed by atoms with Crippen molar-refractivity contribution in [1.29, 1.82) is 0 Å². The van der Waals surface area contributed by atoms with Crippen molar-refractivity contribution < 1.29 is 22.8 Å². The van der Waals surface area contributed by atoms with E-state index in [9.17, 15) is 13.2 Å². The summed E-state index contributed by atoms with van der Waals surface area (Å²) in [4.78, 5) is 18.7. The molecule has 0 unspecified atom stereocenters. The molecule has 6 nitrogen and oxygen atoms in total. The molecule has 34 heavy (non-hydrogen) atoms. The highest BCUT2D eigenvalue weighted by atomic mass is 32.2. The van der Waals surface area contributed by atoms with E-state index < -0.39 is 10.0 Å². The molecule has 0 aliphatic carbocycles. The average Bonchev–Trinajstić information content (AvgIpc) is 2.84. The molecule has 0 aliphatic heterocycles. The lowest BCUT2D eigenvalue weighted by Gasteiger charge is -2.15. The lowest BCUT2D eigenvalue weighted by molar-refractivity contribution is -0.889. The number of pyridine rings is 1. The summed E-state index contributed by atoms with van der Waals surface area (Å²) in [5, 5.41) is 0. The second kappa shape index (κ2) is 12.9. The largest absolute Gasteiger partial charge is 0.288 e.